The van der Waals surface area contributed by atoms with E-state index in [4.69, 9.17) is 0 Å². The molecule has 0 bridgehead atoms. The van der Waals surface area contributed by atoms with Gasteiger partial charge in [-0.1, -0.05) is 0 Å². The predicted octanol–water partition coefficient (Wildman–Crippen LogP) is 3.07. The molecule has 1 atom stereocenters. The van der Waals surface area contributed by atoms with Crippen molar-refractivity contribution in [1.29, 1.82) is 0 Å². The molecular formula is C10H11F2NOS. The second-order valence-electron chi connectivity index (χ2n) is 3.99. The molecule has 1 aromatic heterocycles. The first-order valence-electron chi connectivity index (χ1n) is 4.83. The summed E-state index contributed by atoms with van der Waals surface area (Å²) in [5.74, 6) is -3.34. The van der Waals surface area contributed by atoms with Gasteiger partial charge in [0.2, 0.25) is 5.92 Å². The van der Waals surface area contributed by atoms with Crippen molar-refractivity contribution in [3.63, 3.8) is 0 Å². The van der Waals surface area contributed by atoms with Gasteiger partial charge in [0.25, 0.3) is 0 Å². The largest absolute Gasteiger partial charge is 0.293 e. The molecule has 1 unspecified atom stereocenters. The van der Waals surface area contributed by atoms with Crippen molar-refractivity contribution in [3.8, 4) is 0 Å². The fourth-order valence-electron chi connectivity index (χ4n) is 1.85. The summed E-state index contributed by atoms with van der Waals surface area (Å²) in [4.78, 5) is 12.3. The number of halogens is 2. The Morgan fingerprint density at radius 3 is 2.87 bits per heavy atom. The molecule has 0 saturated heterocycles. The molecule has 0 N–H and O–H groups in total. The number of alkyl halides is 2. The minimum absolute atomic E-state index is 0.165. The van der Waals surface area contributed by atoms with E-state index in [1.807, 2.05) is 0 Å². The molecular weight excluding hydrogens is 220 g/mol. The van der Waals surface area contributed by atoms with Gasteiger partial charge < -0.3 is 0 Å². The highest BCUT2D eigenvalue weighted by atomic mass is 32.1. The first-order valence-corrected chi connectivity index (χ1v) is 5.61. The molecule has 0 radical (unpaired) electrons. The van der Waals surface area contributed by atoms with Crippen LogP contribution in [0.2, 0.25) is 0 Å². The highest BCUT2D eigenvalue weighted by molar-refractivity contribution is 7.08. The van der Waals surface area contributed by atoms with Gasteiger partial charge >= 0.3 is 0 Å². The Bertz CT molecular complexity index is 389. The topological polar surface area (TPSA) is 30.0 Å². The molecule has 2 nitrogen and oxygen atoms in total. The monoisotopic (exact) mass is 231 g/mol. The van der Waals surface area contributed by atoms with Crippen molar-refractivity contribution in [3.05, 3.63) is 16.6 Å². The highest BCUT2D eigenvalue weighted by Gasteiger charge is 2.42. The van der Waals surface area contributed by atoms with Crippen LogP contribution in [0.15, 0.2) is 6.07 Å². The van der Waals surface area contributed by atoms with Gasteiger partial charge in [-0.05, 0) is 30.9 Å². The molecule has 1 saturated carbocycles. The molecule has 1 aliphatic carbocycles. The van der Waals surface area contributed by atoms with Crippen molar-refractivity contribution in [1.82, 2.24) is 4.37 Å². The number of nitrogens with zero attached hydrogens (tertiary/aromatic N) is 1. The number of aryl methyl sites for hydroxylation is 1. The van der Waals surface area contributed by atoms with Crippen LogP contribution < -0.4 is 0 Å². The third kappa shape index (κ3) is 2.22. The lowest BCUT2D eigenvalue weighted by molar-refractivity contribution is 0.00532. The predicted molar refractivity (Wildman–Crippen MR) is 53.5 cm³/mol. The maximum Gasteiger partial charge on any atom is 0.248 e. The Labute approximate surface area is 90.5 Å². The number of ketones is 1. The van der Waals surface area contributed by atoms with Crippen LogP contribution in [0, 0.1) is 12.8 Å². The zero-order chi connectivity index (χ0) is 11.1. The van der Waals surface area contributed by atoms with Crippen LogP contribution in [0.1, 0.15) is 34.6 Å². The van der Waals surface area contributed by atoms with Crippen LogP contribution in [0.4, 0.5) is 8.78 Å². The molecule has 1 aliphatic rings. The minimum Gasteiger partial charge on any atom is -0.293 e. The summed E-state index contributed by atoms with van der Waals surface area (Å²) >= 11 is 1.10. The first kappa shape index (κ1) is 10.7. The van der Waals surface area contributed by atoms with E-state index in [-0.39, 0.29) is 18.6 Å². The SMILES string of the molecule is Cc1cc(C(=O)C2CCC(F)(F)C2)sn1. The van der Waals surface area contributed by atoms with E-state index < -0.39 is 11.8 Å². The van der Waals surface area contributed by atoms with Crippen molar-refractivity contribution >= 4 is 17.3 Å². The summed E-state index contributed by atoms with van der Waals surface area (Å²) in [5.41, 5.74) is 0.771. The fourth-order valence-corrected chi connectivity index (χ4v) is 2.63. The number of Topliss-reactive ketones (excluding diaryl/α,β-unsaturated/α-hetero) is 1. The third-order valence-electron chi connectivity index (χ3n) is 2.65. The maximum atomic E-state index is 12.9. The van der Waals surface area contributed by atoms with E-state index >= 15 is 0 Å². The van der Waals surface area contributed by atoms with E-state index in [9.17, 15) is 13.6 Å². The minimum atomic E-state index is -2.65. The first-order chi connectivity index (χ1) is 6.98. The molecule has 0 aliphatic heterocycles. The van der Waals surface area contributed by atoms with Gasteiger partial charge in [-0.2, -0.15) is 4.37 Å². The van der Waals surface area contributed by atoms with Crippen LogP contribution in [-0.2, 0) is 0 Å². The highest BCUT2D eigenvalue weighted by Crippen LogP contribution is 2.40. The average molecular weight is 231 g/mol. The van der Waals surface area contributed by atoms with Crippen LogP contribution >= 0.6 is 11.5 Å². The van der Waals surface area contributed by atoms with Crippen LogP contribution in [0.3, 0.4) is 0 Å². The third-order valence-corrected chi connectivity index (χ3v) is 3.54. The van der Waals surface area contributed by atoms with E-state index in [0.29, 0.717) is 11.3 Å². The summed E-state index contributed by atoms with van der Waals surface area (Å²) in [6.45, 7) is 1.79. The van der Waals surface area contributed by atoms with Crippen LogP contribution in [-0.4, -0.2) is 16.1 Å². The van der Waals surface area contributed by atoms with Crippen molar-refractivity contribution < 1.29 is 13.6 Å². The molecule has 1 heterocycles. The quantitative estimate of drug-likeness (QED) is 0.732. The smallest absolute Gasteiger partial charge is 0.248 e. The lowest BCUT2D eigenvalue weighted by Crippen LogP contribution is -2.14. The number of carbonyl (C=O) groups excluding carboxylic acids is 1. The zero-order valence-corrected chi connectivity index (χ0v) is 9.11. The van der Waals surface area contributed by atoms with Gasteiger partial charge in [0.15, 0.2) is 5.78 Å². The maximum absolute atomic E-state index is 12.9. The van der Waals surface area contributed by atoms with Crippen molar-refractivity contribution in [2.75, 3.05) is 0 Å². The van der Waals surface area contributed by atoms with E-state index in [0.717, 1.165) is 17.2 Å². The Morgan fingerprint density at radius 1 is 1.67 bits per heavy atom. The Morgan fingerprint density at radius 2 is 2.40 bits per heavy atom. The van der Waals surface area contributed by atoms with Crippen LogP contribution in [0.5, 0.6) is 0 Å². The Hall–Kier alpha value is -0.840. The number of hydrogen-bond donors (Lipinski definition) is 0. The second-order valence-corrected chi connectivity index (χ2v) is 4.80. The van der Waals surface area contributed by atoms with Crippen LogP contribution in [0.25, 0.3) is 0 Å². The van der Waals surface area contributed by atoms with Gasteiger partial charge in [0.1, 0.15) is 0 Å². The molecule has 0 amide bonds. The Kier molecular flexibility index (Phi) is 2.58. The van der Waals surface area contributed by atoms with Gasteiger partial charge in [-0.15, -0.1) is 0 Å². The Balaban J connectivity index is 2.10. The van der Waals surface area contributed by atoms with Gasteiger partial charge in [0, 0.05) is 18.8 Å². The summed E-state index contributed by atoms with van der Waals surface area (Å²) in [5, 5.41) is 0. The molecule has 15 heavy (non-hydrogen) atoms. The standard InChI is InChI=1S/C10H11F2NOS/c1-6-4-8(15-13-6)9(14)7-2-3-10(11,12)5-7/h4,7H,2-3,5H2,1H3. The summed E-state index contributed by atoms with van der Waals surface area (Å²) in [6.07, 6.45) is -0.174. The lowest BCUT2D eigenvalue weighted by Gasteiger charge is -2.07. The molecule has 1 fully saturated rings. The summed E-state index contributed by atoms with van der Waals surface area (Å²) in [7, 11) is 0. The molecule has 82 valence electrons. The molecule has 0 spiro atoms. The molecule has 2 rings (SSSR count). The number of hydrogen-bond acceptors (Lipinski definition) is 3. The summed E-state index contributed by atoms with van der Waals surface area (Å²) in [6, 6.07) is 1.67. The fraction of sp³-hybridized carbons (Fsp3) is 0.600. The van der Waals surface area contributed by atoms with E-state index in [1.54, 1.807) is 13.0 Å². The van der Waals surface area contributed by atoms with Crippen molar-refractivity contribution in [2.45, 2.75) is 32.1 Å². The van der Waals surface area contributed by atoms with Crippen molar-refractivity contribution in [2.24, 2.45) is 5.92 Å². The normalized spacial score (nSPS) is 24.3. The number of aromatic nitrogens is 1. The average Bonchev–Trinajstić information content (AvgIpc) is 2.71. The van der Waals surface area contributed by atoms with Gasteiger partial charge in [-0.3, -0.25) is 4.79 Å². The zero-order valence-electron chi connectivity index (χ0n) is 8.30. The lowest BCUT2D eigenvalue weighted by atomic mass is 10.0. The van der Waals surface area contributed by atoms with Gasteiger partial charge in [0.05, 0.1) is 10.6 Å². The molecule has 1 aromatic rings. The molecule has 5 heteroatoms. The molecule has 0 aromatic carbocycles. The second kappa shape index (κ2) is 3.63. The van der Waals surface area contributed by atoms with Gasteiger partial charge in [-0.25, -0.2) is 8.78 Å². The van der Waals surface area contributed by atoms with E-state index in [2.05, 4.69) is 4.37 Å². The number of rotatable bonds is 2. The van der Waals surface area contributed by atoms with E-state index in [1.165, 1.54) is 0 Å². The summed E-state index contributed by atoms with van der Waals surface area (Å²) < 4.78 is 29.8. The number of carbonyl (C=O) groups is 1.